The molecule has 2 nitrogen and oxygen atoms in total. The molecule has 0 fully saturated rings. The summed E-state index contributed by atoms with van der Waals surface area (Å²) < 4.78 is 16.4. The lowest BCUT2D eigenvalue weighted by molar-refractivity contribution is 0.525. The highest BCUT2D eigenvalue weighted by atomic mass is 79.9. The number of benzene rings is 1. The molecule has 0 amide bonds. The van der Waals surface area contributed by atoms with Gasteiger partial charge in [-0.25, -0.2) is 9.37 Å². The van der Waals surface area contributed by atoms with Gasteiger partial charge in [0.2, 0.25) is 0 Å². The molecule has 0 atom stereocenters. The first-order valence-electron chi connectivity index (χ1n) is 6.18. The predicted molar refractivity (Wildman–Crippen MR) is 73.0 cm³/mol. The summed E-state index contributed by atoms with van der Waals surface area (Å²) in [5.74, 6) is -0.161. The minimum Gasteiger partial charge on any atom is -0.322 e. The first kappa shape index (κ1) is 11.9. The summed E-state index contributed by atoms with van der Waals surface area (Å²) in [4.78, 5) is 4.59. The molecule has 2 heterocycles. The second-order valence-electron chi connectivity index (χ2n) is 4.75. The van der Waals surface area contributed by atoms with Crippen LogP contribution in [-0.4, -0.2) is 9.55 Å². The van der Waals surface area contributed by atoms with Crippen molar-refractivity contribution in [2.24, 2.45) is 0 Å². The Morgan fingerprint density at radius 2 is 2.17 bits per heavy atom. The quantitative estimate of drug-likeness (QED) is 0.775. The fourth-order valence-corrected chi connectivity index (χ4v) is 3.09. The fraction of sp³-hybridized carbons (Fsp3) is 0.357. The average molecular weight is 309 g/mol. The van der Waals surface area contributed by atoms with Gasteiger partial charge in [-0.3, -0.25) is 0 Å². The van der Waals surface area contributed by atoms with E-state index in [9.17, 15) is 4.39 Å². The maximum absolute atomic E-state index is 13.3. The molecule has 18 heavy (non-hydrogen) atoms. The summed E-state index contributed by atoms with van der Waals surface area (Å²) >= 11 is 3.51. The fourth-order valence-electron chi connectivity index (χ4n) is 2.52. The van der Waals surface area contributed by atoms with Crippen LogP contribution in [0.15, 0.2) is 22.9 Å². The minimum atomic E-state index is -0.161. The minimum absolute atomic E-state index is 0.161. The Labute approximate surface area is 114 Å². The van der Waals surface area contributed by atoms with Gasteiger partial charge in [-0.1, -0.05) is 0 Å². The van der Waals surface area contributed by atoms with E-state index in [-0.39, 0.29) is 5.82 Å². The van der Waals surface area contributed by atoms with E-state index < -0.39 is 0 Å². The molecular weight excluding hydrogens is 295 g/mol. The number of imidazole rings is 1. The number of hydrogen-bond acceptors (Lipinski definition) is 1. The molecule has 0 spiro atoms. The molecular formula is C14H14BrFN2. The summed E-state index contributed by atoms with van der Waals surface area (Å²) in [6.45, 7) is 2.81. The molecule has 4 heteroatoms. The second-order valence-corrected chi connectivity index (χ2v) is 5.46. The molecule has 0 saturated heterocycles. The molecule has 1 aliphatic heterocycles. The Morgan fingerprint density at radius 3 is 2.94 bits per heavy atom. The van der Waals surface area contributed by atoms with E-state index in [4.69, 9.17) is 0 Å². The van der Waals surface area contributed by atoms with Gasteiger partial charge < -0.3 is 4.57 Å². The first-order valence-corrected chi connectivity index (χ1v) is 6.97. The van der Waals surface area contributed by atoms with Crippen molar-refractivity contribution in [3.8, 4) is 11.3 Å². The van der Waals surface area contributed by atoms with Gasteiger partial charge >= 0.3 is 0 Å². The molecule has 0 radical (unpaired) electrons. The number of fused-ring (bicyclic) bond motifs is 1. The third-order valence-corrected chi connectivity index (χ3v) is 4.11. The van der Waals surface area contributed by atoms with Crippen molar-refractivity contribution < 1.29 is 4.39 Å². The summed E-state index contributed by atoms with van der Waals surface area (Å²) in [6, 6.07) is 5.21. The SMILES string of the molecule is Cc1cc(-c2nc(Br)n3c2CCCC3)ccc1F. The van der Waals surface area contributed by atoms with Crippen LogP contribution < -0.4 is 0 Å². The number of aromatic nitrogens is 2. The van der Waals surface area contributed by atoms with Crippen LogP contribution in [0.25, 0.3) is 11.3 Å². The zero-order valence-corrected chi connectivity index (χ0v) is 11.8. The van der Waals surface area contributed by atoms with Crippen molar-refractivity contribution in [2.75, 3.05) is 0 Å². The van der Waals surface area contributed by atoms with E-state index in [0.29, 0.717) is 5.56 Å². The third kappa shape index (κ3) is 1.88. The van der Waals surface area contributed by atoms with E-state index in [1.807, 2.05) is 12.1 Å². The van der Waals surface area contributed by atoms with E-state index in [1.165, 1.54) is 24.6 Å². The van der Waals surface area contributed by atoms with Gasteiger partial charge in [-0.15, -0.1) is 0 Å². The molecule has 0 unspecified atom stereocenters. The first-order chi connectivity index (χ1) is 8.66. The topological polar surface area (TPSA) is 17.8 Å². The van der Waals surface area contributed by atoms with Crippen LogP contribution >= 0.6 is 15.9 Å². The summed E-state index contributed by atoms with van der Waals surface area (Å²) in [5.41, 5.74) is 3.93. The van der Waals surface area contributed by atoms with Crippen molar-refractivity contribution in [1.82, 2.24) is 9.55 Å². The van der Waals surface area contributed by atoms with Crippen LogP contribution in [0.5, 0.6) is 0 Å². The molecule has 1 aromatic carbocycles. The van der Waals surface area contributed by atoms with Crippen molar-refractivity contribution in [1.29, 1.82) is 0 Å². The lowest BCUT2D eigenvalue weighted by atomic mass is 10.0. The van der Waals surface area contributed by atoms with Crippen LogP contribution in [-0.2, 0) is 13.0 Å². The molecule has 1 aromatic heterocycles. The van der Waals surface area contributed by atoms with Crippen LogP contribution in [0.1, 0.15) is 24.1 Å². The van der Waals surface area contributed by atoms with E-state index in [1.54, 1.807) is 6.92 Å². The van der Waals surface area contributed by atoms with Crippen molar-refractivity contribution in [3.63, 3.8) is 0 Å². The third-order valence-electron chi connectivity index (χ3n) is 3.50. The summed E-state index contributed by atoms with van der Waals surface area (Å²) in [7, 11) is 0. The number of halogens is 2. The van der Waals surface area contributed by atoms with E-state index in [2.05, 4.69) is 25.5 Å². The van der Waals surface area contributed by atoms with Gasteiger partial charge in [0.05, 0.1) is 5.69 Å². The van der Waals surface area contributed by atoms with Gasteiger partial charge in [-0.2, -0.15) is 0 Å². The average Bonchev–Trinajstić information content (AvgIpc) is 2.71. The smallest absolute Gasteiger partial charge is 0.177 e. The summed E-state index contributed by atoms with van der Waals surface area (Å²) in [6.07, 6.45) is 3.44. The standard InChI is InChI=1S/C14H14BrFN2/c1-9-8-10(5-6-11(9)16)13-12-4-2-3-7-18(12)14(15)17-13/h5-6,8H,2-4,7H2,1H3. The normalized spacial score (nSPS) is 14.6. The van der Waals surface area contributed by atoms with E-state index in [0.717, 1.165) is 29.0 Å². The summed E-state index contributed by atoms with van der Waals surface area (Å²) in [5, 5.41) is 0. The molecule has 0 N–H and O–H groups in total. The predicted octanol–water partition coefficient (Wildman–Crippen LogP) is 4.10. The highest BCUT2D eigenvalue weighted by Crippen LogP contribution is 2.31. The van der Waals surface area contributed by atoms with Crippen LogP contribution in [0.2, 0.25) is 0 Å². The van der Waals surface area contributed by atoms with Crippen LogP contribution in [0.4, 0.5) is 4.39 Å². The van der Waals surface area contributed by atoms with Crippen LogP contribution in [0, 0.1) is 12.7 Å². The maximum atomic E-state index is 13.3. The molecule has 2 aromatic rings. The lowest BCUT2D eigenvalue weighted by Crippen LogP contribution is -2.10. The van der Waals surface area contributed by atoms with Crippen molar-refractivity contribution >= 4 is 15.9 Å². The van der Waals surface area contributed by atoms with Gasteiger partial charge in [-0.05, 0) is 65.9 Å². The highest BCUT2D eigenvalue weighted by Gasteiger charge is 2.19. The Morgan fingerprint density at radius 1 is 1.33 bits per heavy atom. The van der Waals surface area contributed by atoms with Crippen LogP contribution in [0.3, 0.4) is 0 Å². The van der Waals surface area contributed by atoms with Gasteiger partial charge in [0.15, 0.2) is 4.73 Å². The number of hydrogen-bond donors (Lipinski definition) is 0. The van der Waals surface area contributed by atoms with Gasteiger partial charge in [0.1, 0.15) is 5.82 Å². The maximum Gasteiger partial charge on any atom is 0.177 e. The highest BCUT2D eigenvalue weighted by molar-refractivity contribution is 9.10. The lowest BCUT2D eigenvalue weighted by Gasteiger charge is -2.16. The molecule has 0 saturated carbocycles. The molecule has 3 rings (SSSR count). The molecule has 0 bridgehead atoms. The number of aryl methyl sites for hydroxylation is 1. The van der Waals surface area contributed by atoms with Gasteiger partial charge in [0, 0.05) is 17.8 Å². The Balaban J connectivity index is 2.14. The molecule has 94 valence electrons. The zero-order valence-electron chi connectivity index (χ0n) is 10.2. The largest absolute Gasteiger partial charge is 0.322 e. The van der Waals surface area contributed by atoms with Crippen molar-refractivity contribution in [3.05, 3.63) is 40.0 Å². The number of rotatable bonds is 1. The Bertz CT molecular complexity index is 604. The zero-order chi connectivity index (χ0) is 12.7. The Kier molecular flexibility index (Phi) is 2.98. The monoisotopic (exact) mass is 308 g/mol. The second kappa shape index (κ2) is 4.50. The molecule has 0 aliphatic carbocycles. The Hall–Kier alpha value is -1.16. The number of nitrogens with zero attached hydrogens (tertiary/aromatic N) is 2. The van der Waals surface area contributed by atoms with E-state index >= 15 is 0 Å². The van der Waals surface area contributed by atoms with Crippen molar-refractivity contribution in [2.45, 2.75) is 32.7 Å². The molecule has 1 aliphatic rings. The van der Waals surface area contributed by atoms with Gasteiger partial charge in [0.25, 0.3) is 0 Å².